The molecule has 2 heterocycles. The molecule has 4 rings (SSSR count). The van der Waals surface area contributed by atoms with Crippen molar-refractivity contribution in [1.82, 2.24) is 4.90 Å². The molecular weight excluding hydrogens is 374 g/mol. The van der Waals surface area contributed by atoms with Crippen LogP contribution in [0.5, 0.6) is 11.5 Å². The Balaban J connectivity index is 1.70. The smallest absolute Gasteiger partial charge is 0.232 e. The molecule has 0 aliphatic carbocycles. The van der Waals surface area contributed by atoms with Crippen molar-refractivity contribution in [3.05, 3.63) is 63.4 Å². The van der Waals surface area contributed by atoms with E-state index in [2.05, 4.69) is 11.8 Å². The number of ether oxygens (including phenoxy) is 1. The number of allylic oxidation sites excluding steroid dienone is 1. The molecule has 1 atom stereocenters. The van der Waals surface area contributed by atoms with Crippen molar-refractivity contribution >= 4 is 23.5 Å². The number of Topliss-reactive ketones (excluding diaryl/α,β-unsaturated/α-hetero) is 1. The number of aromatic hydroxyl groups is 1. The second-order valence-corrected chi connectivity index (χ2v) is 8.14. The lowest BCUT2D eigenvalue weighted by Crippen LogP contribution is -2.36. The first kappa shape index (κ1) is 19.0. The Hall–Kier alpha value is -2.30. The lowest BCUT2D eigenvalue weighted by atomic mass is 9.97. The molecule has 0 amide bonds. The van der Waals surface area contributed by atoms with Gasteiger partial charge in [-0.05, 0) is 68.6 Å². The van der Waals surface area contributed by atoms with E-state index in [1.807, 2.05) is 19.1 Å². The Labute approximate surface area is 170 Å². The molecule has 0 radical (unpaired) electrons. The fourth-order valence-corrected chi connectivity index (χ4v) is 4.16. The van der Waals surface area contributed by atoms with E-state index >= 15 is 0 Å². The molecule has 0 spiro atoms. The predicted octanol–water partition coefficient (Wildman–Crippen LogP) is 5.34. The highest BCUT2D eigenvalue weighted by atomic mass is 35.5. The zero-order chi connectivity index (χ0) is 19.8. The summed E-state index contributed by atoms with van der Waals surface area (Å²) in [4.78, 5) is 15.3. The minimum Gasteiger partial charge on any atom is -0.507 e. The summed E-state index contributed by atoms with van der Waals surface area (Å²) in [5.41, 5.74) is 2.82. The van der Waals surface area contributed by atoms with E-state index in [4.69, 9.17) is 16.3 Å². The van der Waals surface area contributed by atoms with Crippen molar-refractivity contribution in [3.63, 3.8) is 0 Å². The SMILES string of the molecule is Cc1cc(O)c(CN2CCCCC2C)c2c1C(=O)/C(=C/c1ccc(Cl)cc1)O2. The number of aryl methyl sites for hydroxylation is 1. The van der Waals surface area contributed by atoms with Crippen LogP contribution >= 0.6 is 11.6 Å². The number of hydrogen-bond donors (Lipinski definition) is 1. The van der Waals surface area contributed by atoms with E-state index in [-0.39, 0.29) is 17.3 Å². The lowest BCUT2D eigenvalue weighted by molar-refractivity contribution is 0.101. The monoisotopic (exact) mass is 397 g/mol. The maximum Gasteiger partial charge on any atom is 0.232 e. The largest absolute Gasteiger partial charge is 0.507 e. The minimum atomic E-state index is -0.143. The van der Waals surface area contributed by atoms with Crippen molar-refractivity contribution in [2.45, 2.75) is 45.7 Å². The van der Waals surface area contributed by atoms with Gasteiger partial charge in [0.05, 0.1) is 11.1 Å². The molecule has 5 heteroatoms. The second-order valence-electron chi connectivity index (χ2n) is 7.70. The zero-order valence-corrected chi connectivity index (χ0v) is 16.9. The van der Waals surface area contributed by atoms with Crippen LogP contribution in [0.2, 0.25) is 5.02 Å². The van der Waals surface area contributed by atoms with Crippen molar-refractivity contribution in [2.24, 2.45) is 0 Å². The van der Waals surface area contributed by atoms with Crippen LogP contribution in [0.25, 0.3) is 6.08 Å². The van der Waals surface area contributed by atoms with Crippen LogP contribution in [0.3, 0.4) is 0 Å². The number of nitrogens with zero attached hydrogens (tertiary/aromatic N) is 1. The molecule has 2 aliphatic heterocycles. The summed E-state index contributed by atoms with van der Waals surface area (Å²) in [5.74, 6) is 0.824. The Morgan fingerprint density at radius 1 is 1.29 bits per heavy atom. The molecule has 1 unspecified atom stereocenters. The van der Waals surface area contributed by atoms with Gasteiger partial charge in [0.2, 0.25) is 5.78 Å². The Morgan fingerprint density at radius 3 is 2.75 bits per heavy atom. The number of piperidine rings is 1. The fraction of sp³-hybridized carbons (Fsp3) is 0.348. The van der Waals surface area contributed by atoms with Crippen molar-refractivity contribution < 1.29 is 14.6 Å². The standard InChI is InChI=1S/C23H24ClNO3/c1-14-11-19(26)18(13-25-10-4-3-5-15(25)2)23-21(14)22(27)20(28-23)12-16-6-8-17(24)9-7-16/h6-9,11-12,15,26H,3-5,10,13H2,1-2H3/b20-12-. The van der Waals surface area contributed by atoms with E-state index in [1.165, 1.54) is 6.42 Å². The lowest BCUT2D eigenvalue weighted by Gasteiger charge is -2.33. The molecule has 1 fully saturated rings. The topological polar surface area (TPSA) is 49.8 Å². The summed E-state index contributed by atoms with van der Waals surface area (Å²) < 4.78 is 6.01. The van der Waals surface area contributed by atoms with Gasteiger partial charge in [-0.25, -0.2) is 0 Å². The van der Waals surface area contributed by atoms with Gasteiger partial charge in [-0.3, -0.25) is 9.69 Å². The molecule has 2 aromatic carbocycles. The van der Waals surface area contributed by atoms with Crippen molar-refractivity contribution in [1.29, 1.82) is 0 Å². The van der Waals surface area contributed by atoms with E-state index in [9.17, 15) is 9.90 Å². The highest BCUT2D eigenvalue weighted by molar-refractivity contribution is 6.30. The summed E-state index contributed by atoms with van der Waals surface area (Å²) >= 11 is 5.94. The first-order valence-electron chi connectivity index (χ1n) is 9.73. The van der Waals surface area contributed by atoms with Crippen molar-refractivity contribution in [3.8, 4) is 11.5 Å². The number of ketones is 1. The number of phenols is 1. The van der Waals surface area contributed by atoms with Gasteiger partial charge in [-0.2, -0.15) is 0 Å². The summed E-state index contributed by atoms with van der Waals surface area (Å²) in [6.07, 6.45) is 5.26. The maximum absolute atomic E-state index is 13.0. The minimum absolute atomic E-state index is 0.143. The number of carbonyl (C=O) groups excluding carboxylic acids is 1. The number of halogens is 1. The third kappa shape index (κ3) is 3.54. The maximum atomic E-state index is 13.0. The van der Waals surface area contributed by atoms with Crippen LogP contribution in [-0.2, 0) is 6.54 Å². The number of carbonyl (C=O) groups is 1. The summed E-state index contributed by atoms with van der Waals surface area (Å²) in [6.45, 7) is 5.61. The first-order chi connectivity index (χ1) is 13.4. The van der Waals surface area contributed by atoms with E-state index in [0.717, 1.165) is 30.5 Å². The number of fused-ring (bicyclic) bond motifs is 1. The number of likely N-dealkylation sites (tertiary alicyclic amines) is 1. The van der Waals surface area contributed by atoms with Gasteiger partial charge in [0.1, 0.15) is 11.5 Å². The second kappa shape index (κ2) is 7.61. The first-order valence-corrected chi connectivity index (χ1v) is 10.1. The highest BCUT2D eigenvalue weighted by Gasteiger charge is 2.34. The summed E-state index contributed by atoms with van der Waals surface area (Å²) in [5, 5.41) is 11.3. The van der Waals surface area contributed by atoms with Gasteiger partial charge in [-0.15, -0.1) is 0 Å². The highest BCUT2D eigenvalue weighted by Crippen LogP contribution is 2.42. The van der Waals surface area contributed by atoms with E-state index in [1.54, 1.807) is 24.3 Å². The van der Waals surface area contributed by atoms with Gasteiger partial charge >= 0.3 is 0 Å². The van der Waals surface area contributed by atoms with Gasteiger partial charge < -0.3 is 9.84 Å². The van der Waals surface area contributed by atoms with E-state index in [0.29, 0.717) is 34.5 Å². The Morgan fingerprint density at radius 2 is 2.04 bits per heavy atom. The van der Waals surface area contributed by atoms with Gasteiger partial charge in [-0.1, -0.05) is 30.2 Å². The van der Waals surface area contributed by atoms with Crippen LogP contribution < -0.4 is 4.74 Å². The van der Waals surface area contributed by atoms with E-state index < -0.39 is 0 Å². The van der Waals surface area contributed by atoms with Crippen molar-refractivity contribution in [2.75, 3.05) is 6.54 Å². The van der Waals surface area contributed by atoms with Crippen LogP contribution in [-0.4, -0.2) is 28.4 Å². The molecule has 28 heavy (non-hydrogen) atoms. The normalized spacial score (nSPS) is 21.0. The quantitative estimate of drug-likeness (QED) is 0.710. The third-order valence-corrected chi connectivity index (χ3v) is 5.94. The molecular formula is C23H24ClNO3. The number of rotatable bonds is 3. The Kier molecular flexibility index (Phi) is 5.17. The molecule has 1 N–H and O–H groups in total. The predicted molar refractivity (Wildman–Crippen MR) is 111 cm³/mol. The van der Waals surface area contributed by atoms with Gasteiger partial charge in [0, 0.05) is 17.6 Å². The molecule has 2 aromatic rings. The summed E-state index contributed by atoms with van der Waals surface area (Å²) in [6, 6.07) is 9.37. The fourth-order valence-electron chi connectivity index (χ4n) is 4.04. The molecule has 0 saturated carbocycles. The number of phenolic OH excluding ortho intramolecular Hbond substituents is 1. The number of hydrogen-bond acceptors (Lipinski definition) is 4. The van der Waals surface area contributed by atoms with Gasteiger partial charge in [0.25, 0.3) is 0 Å². The zero-order valence-electron chi connectivity index (χ0n) is 16.2. The molecule has 1 saturated heterocycles. The average molecular weight is 398 g/mol. The summed E-state index contributed by atoms with van der Waals surface area (Å²) in [7, 11) is 0. The van der Waals surface area contributed by atoms with Gasteiger partial charge in [0.15, 0.2) is 5.76 Å². The molecule has 0 aromatic heterocycles. The molecule has 2 aliphatic rings. The van der Waals surface area contributed by atoms with Crippen LogP contribution in [0.15, 0.2) is 36.1 Å². The molecule has 4 nitrogen and oxygen atoms in total. The number of benzene rings is 2. The molecule has 146 valence electrons. The van der Waals surface area contributed by atoms with Crippen LogP contribution in [0, 0.1) is 6.92 Å². The Bertz CT molecular complexity index is 949. The third-order valence-electron chi connectivity index (χ3n) is 5.69. The average Bonchev–Trinajstić information content (AvgIpc) is 2.98. The van der Waals surface area contributed by atoms with Crippen LogP contribution in [0.4, 0.5) is 0 Å². The van der Waals surface area contributed by atoms with Crippen LogP contribution in [0.1, 0.15) is 53.2 Å². The molecule has 0 bridgehead atoms.